The van der Waals surface area contributed by atoms with Crippen molar-refractivity contribution in [1.82, 2.24) is 4.98 Å². The van der Waals surface area contributed by atoms with Gasteiger partial charge in [-0.25, -0.2) is 4.98 Å². The second-order valence-electron chi connectivity index (χ2n) is 3.03. The summed E-state index contributed by atoms with van der Waals surface area (Å²) in [6.45, 7) is 1.90. The van der Waals surface area contributed by atoms with E-state index in [1.165, 1.54) is 0 Å². The monoisotopic (exact) mass is 245 g/mol. The molecule has 2 rings (SSSR count). The van der Waals surface area contributed by atoms with Crippen molar-refractivity contribution >= 4 is 45.7 Å². The highest BCUT2D eigenvalue weighted by molar-refractivity contribution is 6.45. The fraction of sp³-hybridized carbons (Fsp3) is 0.100. The van der Waals surface area contributed by atoms with Crippen molar-refractivity contribution in [3.63, 3.8) is 0 Å². The highest BCUT2D eigenvalue weighted by Crippen LogP contribution is 2.31. The first-order valence-corrected chi connectivity index (χ1v) is 5.14. The third-order valence-electron chi connectivity index (χ3n) is 2.01. The molecule has 0 bridgehead atoms. The number of rotatable bonds is 0. The predicted molar refractivity (Wildman–Crippen MR) is 61.5 cm³/mol. The van der Waals surface area contributed by atoms with Crippen molar-refractivity contribution in [2.45, 2.75) is 6.92 Å². The van der Waals surface area contributed by atoms with Gasteiger partial charge in [0.25, 0.3) is 0 Å². The summed E-state index contributed by atoms with van der Waals surface area (Å²) in [5.74, 6) is 0. The minimum atomic E-state index is 0.450. The topological polar surface area (TPSA) is 12.9 Å². The maximum Gasteiger partial charge on any atom is 0.132 e. The van der Waals surface area contributed by atoms with Crippen LogP contribution in [0.15, 0.2) is 18.2 Å². The van der Waals surface area contributed by atoms with E-state index in [0.29, 0.717) is 20.7 Å². The van der Waals surface area contributed by atoms with E-state index >= 15 is 0 Å². The van der Waals surface area contributed by atoms with Gasteiger partial charge in [0.05, 0.1) is 15.6 Å². The molecule has 0 unspecified atom stereocenters. The molecule has 0 fully saturated rings. The Bertz CT molecular complexity index is 508. The Hall–Kier alpha value is -0.500. The molecule has 2 aromatic rings. The Morgan fingerprint density at radius 2 is 1.86 bits per heavy atom. The largest absolute Gasteiger partial charge is 0.234 e. The molecule has 0 aliphatic heterocycles. The third kappa shape index (κ3) is 1.56. The minimum absolute atomic E-state index is 0.450. The molecule has 4 heteroatoms. The van der Waals surface area contributed by atoms with Crippen LogP contribution in [0, 0.1) is 6.92 Å². The van der Waals surface area contributed by atoms with Crippen LogP contribution >= 0.6 is 34.8 Å². The van der Waals surface area contributed by atoms with E-state index in [9.17, 15) is 0 Å². The predicted octanol–water partition coefficient (Wildman–Crippen LogP) is 4.50. The normalized spacial score (nSPS) is 10.9. The van der Waals surface area contributed by atoms with E-state index in [1.807, 2.05) is 19.1 Å². The number of hydrogen-bond acceptors (Lipinski definition) is 1. The molecule has 1 nitrogen and oxygen atoms in total. The van der Waals surface area contributed by atoms with Gasteiger partial charge in [-0.3, -0.25) is 0 Å². The zero-order valence-corrected chi connectivity index (χ0v) is 9.58. The molecule has 1 aromatic carbocycles. The van der Waals surface area contributed by atoms with Crippen molar-refractivity contribution in [3.05, 3.63) is 39.0 Å². The molecule has 0 radical (unpaired) electrons. The highest BCUT2D eigenvalue weighted by Gasteiger charge is 2.07. The van der Waals surface area contributed by atoms with Crippen LogP contribution in [0.25, 0.3) is 10.9 Å². The number of benzene rings is 1. The second kappa shape index (κ2) is 3.58. The van der Waals surface area contributed by atoms with Gasteiger partial charge in [-0.15, -0.1) is 0 Å². The quantitative estimate of drug-likeness (QED) is 0.624. The summed E-state index contributed by atoms with van der Waals surface area (Å²) in [4.78, 5) is 4.18. The van der Waals surface area contributed by atoms with Crippen LogP contribution in [0.3, 0.4) is 0 Å². The van der Waals surface area contributed by atoms with Crippen LogP contribution in [0.2, 0.25) is 15.2 Å². The number of hydrogen-bond donors (Lipinski definition) is 0. The molecule has 0 amide bonds. The van der Waals surface area contributed by atoms with Crippen LogP contribution in [0.5, 0.6) is 0 Å². The summed E-state index contributed by atoms with van der Waals surface area (Å²) in [7, 11) is 0. The molecular formula is C10H6Cl3N. The number of halogens is 3. The standard InChI is InChI=1S/C10H6Cl3N/c1-5-4-6-2-3-7(11)8(12)9(6)14-10(5)13/h2-4H,1H3. The molecule has 1 aromatic heterocycles. The minimum Gasteiger partial charge on any atom is -0.234 e. The van der Waals surface area contributed by atoms with Gasteiger partial charge in [-0.1, -0.05) is 40.9 Å². The fourth-order valence-corrected chi connectivity index (χ4v) is 1.77. The number of nitrogens with zero attached hydrogens (tertiary/aromatic N) is 1. The first kappa shape index (κ1) is 10.0. The molecule has 0 aliphatic carbocycles. The van der Waals surface area contributed by atoms with Crippen molar-refractivity contribution in [3.8, 4) is 0 Å². The van der Waals surface area contributed by atoms with Gasteiger partial charge in [-0.05, 0) is 24.6 Å². The Labute approximate surface area is 96.6 Å². The second-order valence-corrected chi connectivity index (χ2v) is 4.17. The molecule has 0 N–H and O–H groups in total. The zero-order chi connectivity index (χ0) is 10.3. The molecule has 0 atom stereocenters. The van der Waals surface area contributed by atoms with Gasteiger partial charge in [0.2, 0.25) is 0 Å². The first-order chi connectivity index (χ1) is 6.59. The molecule has 0 saturated carbocycles. The Morgan fingerprint density at radius 3 is 2.57 bits per heavy atom. The van der Waals surface area contributed by atoms with E-state index < -0.39 is 0 Å². The number of fused-ring (bicyclic) bond motifs is 1. The summed E-state index contributed by atoms with van der Waals surface area (Å²) in [5, 5.41) is 2.35. The summed E-state index contributed by atoms with van der Waals surface area (Å²) in [6.07, 6.45) is 0. The smallest absolute Gasteiger partial charge is 0.132 e. The van der Waals surface area contributed by atoms with Crippen molar-refractivity contribution in [2.24, 2.45) is 0 Å². The average molecular weight is 247 g/mol. The lowest BCUT2D eigenvalue weighted by molar-refractivity contribution is 1.33. The van der Waals surface area contributed by atoms with Crippen molar-refractivity contribution in [1.29, 1.82) is 0 Å². The Balaban J connectivity index is 2.89. The maximum absolute atomic E-state index is 6.00. The van der Waals surface area contributed by atoms with Crippen molar-refractivity contribution < 1.29 is 0 Å². The first-order valence-electron chi connectivity index (χ1n) is 4.00. The lowest BCUT2D eigenvalue weighted by Gasteiger charge is -2.04. The summed E-state index contributed by atoms with van der Waals surface area (Å²) < 4.78 is 0. The van der Waals surface area contributed by atoms with Crippen LogP contribution in [0.4, 0.5) is 0 Å². The lowest BCUT2D eigenvalue weighted by atomic mass is 10.2. The van der Waals surface area contributed by atoms with E-state index in [0.717, 1.165) is 10.9 Å². The molecule has 72 valence electrons. The van der Waals surface area contributed by atoms with Gasteiger partial charge in [0.1, 0.15) is 5.15 Å². The van der Waals surface area contributed by atoms with Gasteiger partial charge in [0, 0.05) is 5.39 Å². The third-order valence-corrected chi connectivity index (χ3v) is 3.18. The highest BCUT2D eigenvalue weighted by atomic mass is 35.5. The number of aryl methyl sites for hydroxylation is 1. The number of aromatic nitrogens is 1. The number of pyridine rings is 1. The fourth-order valence-electron chi connectivity index (χ4n) is 1.26. The van der Waals surface area contributed by atoms with Gasteiger partial charge in [0.15, 0.2) is 0 Å². The van der Waals surface area contributed by atoms with Crippen LogP contribution in [0.1, 0.15) is 5.56 Å². The van der Waals surface area contributed by atoms with Crippen LogP contribution in [-0.4, -0.2) is 4.98 Å². The van der Waals surface area contributed by atoms with E-state index in [4.69, 9.17) is 34.8 Å². The Kier molecular flexibility index (Phi) is 2.56. The molecule has 0 aliphatic rings. The molecule has 14 heavy (non-hydrogen) atoms. The van der Waals surface area contributed by atoms with Gasteiger partial charge in [-0.2, -0.15) is 0 Å². The van der Waals surface area contributed by atoms with E-state index in [-0.39, 0.29) is 0 Å². The summed E-state index contributed by atoms with van der Waals surface area (Å²) in [6, 6.07) is 5.56. The van der Waals surface area contributed by atoms with Gasteiger partial charge < -0.3 is 0 Å². The van der Waals surface area contributed by atoms with Gasteiger partial charge >= 0.3 is 0 Å². The van der Waals surface area contributed by atoms with E-state index in [1.54, 1.807) is 6.07 Å². The summed E-state index contributed by atoms with van der Waals surface area (Å²) in [5.41, 5.74) is 1.58. The molecular weight excluding hydrogens is 240 g/mol. The lowest BCUT2D eigenvalue weighted by Crippen LogP contribution is -1.85. The molecule has 0 saturated heterocycles. The summed E-state index contributed by atoms with van der Waals surface area (Å²) >= 11 is 17.8. The zero-order valence-electron chi connectivity index (χ0n) is 7.31. The van der Waals surface area contributed by atoms with Crippen LogP contribution in [-0.2, 0) is 0 Å². The van der Waals surface area contributed by atoms with Crippen LogP contribution < -0.4 is 0 Å². The van der Waals surface area contributed by atoms with E-state index in [2.05, 4.69) is 4.98 Å². The molecule has 1 heterocycles. The molecule has 0 spiro atoms. The SMILES string of the molecule is Cc1cc2ccc(Cl)c(Cl)c2nc1Cl. The maximum atomic E-state index is 6.00. The van der Waals surface area contributed by atoms with Crippen molar-refractivity contribution in [2.75, 3.05) is 0 Å². The Morgan fingerprint density at radius 1 is 1.14 bits per heavy atom. The average Bonchev–Trinajstić information content (AvgIpc) is 2.15.